The molecule has 1 saturated carbocycles. The molecule has 0 bridgehead atoms. The minimum Gasteiger partial charge on any atom is -0.361 e. The van der Waals surface area contributed by atoms with Crippen molar-refractivity contribution in [2.24, 2.45) is 5.92 Å². The summed E-state index contributed by atoms with van der Waals surface area (Å²) in [5.74, 6) is 1.43. The van der Waals surface area contributed by atoms with E-state index >= 15 is 0 Å². The van der Waals surface area contributed by atoms with Gasteiger partial charge in [-0.25, -0.2) is 14.8 Å². The maximum absolute atomic E-state index is 12.6. The van der Waals surface area contributed by atoms with Gasteiger partial charge in [0, 0.05) is 26.7 Å². The highest BCUT2D eigenvalue weighted by molar-refractivity contribution is 5.92. The Hall–Kier alpha value is -1.85. The molecular weight excluding hydrogens is 266 g/mol. The third-order valence-electron chi connectivity index (χ3n) is 4.61. The standard InChI is InChI=1S/C15H23N5O/c1-19(2)14-12(9-16-10-17-14)18-15(21)20-8-4-6-11-5-3-7-13(11)20/h9-11,13H,3-8H2,1-2H3,(H,18,21)/t11-,13+/m1/s1. The van der Waals surface area contributed by atoms with E-state index in [1.807, 2.05) is 23.9 Å². The quantitative estimate of drug-likeness (QED) is 0.907. The predicted molar refractivity (Wildman–Crippen MR) is 82.4 cm³/mol. The van der Waals surface area contributed by atoms with E-state index < -0.39 is 0 Å². The van der Waals surface area contributed by atoms with Crippen LogP contribution in [0.5, 0.6) is 0 Å². The van der Waals surface area contributed by atoms with Gasteiger partial charge in [0.1, 0.15) is 12.0 Å². The van der Waals surface area contributed by atoms with Gasteiger partial charge in [0.05, 0.1) is 6.20 Å². The Morgan fingerprint density at radius 3 is 2.95 bits per heavy atom. The van der Waals surface area contributed by atoms with Gasteiger partial charge in [-0.15, -0.1) is 0 Å². The van der Waals surface area contributed by atoms with Crippen molar-refractivity contribution in [1.29, 1.82) is 0 Å². The van der Waals surface area contributed by atoms with Gasteiger partial charge in [-0.05, 0) is 31.6 Å². The molecule has 2 atom stereocenters. The van der Waals surface area contributed by atoms with Crippen molar-refractivity contribution in [3.63, 3.8) is 0 Å². The molecular formula is C15H23N5O. The van der Waals surface area contributed by atoms with Crippen LogP contribution in [0.3, 0.4) is 0 Å². The lowest BCUT2D eigenvalue weighted by Crippen LogP contribution is -2.48. The molecule has 1 N–H and O–H groups in total. The summed E-state index contributed by atoms with van der Waals surface area (Å²) in [5, 5.41) is 2.99. The monoisotopic (exact) mass is 289 g/mol. The number of urea groups is 1. The molecule has 114 valence electrons. The Balaban J connectivity index is 1.74. The summed E-state index contributed by atoms with van der Waals surface area (Å²) < 4.78 is 0. The summed E-state index contributed by atoms with van der Waals surface area (Å²) in [5.41, 5.74) is 0.674. The maximum atomic E-state index is 12.6. The van der Waals surface area contributed by atoms with Crippen LogP contribution in [0.25, 0.3) is 0 Å². The van der Waals surface area contributed by atoms with E-state index in [2.05, 4.69) is 15.3 Å². The fourth-order valence-corrected chi connectivity index (χ4v) is 3.66. The molecule has 0 aromatic carbocycles. The molecule has 0 unspecified atom stereocenters. The van der Waals surface area contributed by atoms with E-state index in [0.29, 0.717) is 17.6 Å². The van der Waals surface area contributed by atoms with Gasteiger partial charge < -0.3 is 15.1 Å². The first-order valence-electron chi connectivity index (χ1n) is 7.72. The second-order valence-corrected chi connectivity index (χ2v) is 6.18. The van der Waals surface area contributed by atoms with Crippen LogP contribution in [0.15, 0.2) is 12.5 Å². The van der Waals surface area contributed by atoms with Crippen LogP contribution in [0.2, 0.25) is 0 Å². The van der Waals surface area contributed by atoms with Crippen molar-refractivity contribution < 1.29 is 4.79 Å². The average Bonchev–Trinajstić information content (AvgIpc) is 2.95. The lowest BCUT2D eigenvalue weighted by molar-refractivity contribution is 0.138. The molecule has 2 aliphatic rings. The SMILES string of the molecule is CN(C)c1ncncc1NC(=O)N1CCC[C@H]2CCC[C@@H]21. The van der Waals surface area contributed by atoms with Crippen molar-refractivity contribution in [2.75, 3.05) is 30.9 Å². The predicted octanol–water partition coefficient (Wildman–Crippen LogP) is 2.34. The van der Waals surface area contributed by atoms with Gasteiger partial charge >= 0.3 is 6.03 Å². The van der Waals surface area contributed by atoms with Gasteiger partial charge in [-0.1, -0.05) is 6.42 Å². The van der Waals surface area contributed by atoms with Crippen molar-refractivity contribution in [3.8, 4) is 0 Å². The Morgan fingerprint density at radius 1 is 1.33 bits per heavy atom. The first kappa shape index (κ1) is 14.1. The molecule has 0 radical (unpaired) electrons. The van der Waals surface area contributed by atoms with Gasteiger partial charge in [0.25, 0.3) is 0 Å². The van der Waals surface area contributed by atoms with Gasteiger partial charge in [-0.3, -0.25) is 0 Å². The lowest BCUT2D eigenvalue weighted by Gasteiger charge is -2.37. The summed E-state index contributed by atoms with van der Waals surface area (Å²) in [6.45, 7) is 0.859. The number of aromatic nitrogens is 2. The number of likely N-dealkylation sites (tertiary alicyclic amines) is 1. The minimum absolute atomic E-state index is 0.00972. The van der Waals surface area contributed by atoms with Crippen molar-refractivity contribution >= 4 is 17.5 Å². The van der Waals surface area contributed by atoms with Crippen molar-refractivity contribution in [2.45, 2.75) is 38.1 Å². The number of nitrogens with zero attached hydrogens (tertiary/aromatic N) is 4. The summed E-state index contributed by atoms with van der Waals surface area (Å²) in [4.78, 5) is 24.8. The third-order valence-corrected chi connectivity index (χ3v) is 4.61. The maximum Gasteiger partial charge on any atom is 0.322 e. The Labute approximate surface area is 125 Å². The van der Waals surface area contributed by atoms with Gasteiger partial charge in [-0.2, -0.15) is 0 Å². The van der Waals surface area contributed by atoms with E-state index in [4.69, 9.17) is 0 Å². The Bertz CT molecular complexity index is 519. The first-order chi connectivity index (χ1) is 10.2. The van der Waals surface area contributed by atoms with Gasteiger partial charge in [0.2, 0.25) is 0 Å². The number of carbonyl (C=O) groups is 1. The average molecular weight is 289 g/mol. The Morgan fingerprint density at radius 2 is 2.14 bits per heavy atom. The van der Waals surface area contributed by atoms with Crippen LogP contribution < -0.4 is 10.2 Å². The molecule has 1 aromatic rings. The highest BCUT2D eigenvalue weighted by Gasteiger charge is 2.37. The molecule has 2 amide bonds. The van der Waals surface area contributed by atoms with Crippen LogP contribution in [-0.2, 0) is 0 Å². The van der Waals surface area contributed by atoms with E-state index in [0.717, 1.165) is 25.2 Å². The lowest BCUT2D eigenvalue weighted by atomic mass is 9.92. The molecule has 21 heavy (non-hydrogen) atoms. The molecule has 1 aliphatic heterocycles. The molecule has 1 aromatic heterocycles. The summed E-state index contributed by atoms with van der Waals surface area (Å²) >= 11 is 0. The minimum atomic E-state index is -0.00972. The topological polar surface area (TPSA) is 61.4 Å². The van der Waals surface area contributed by atoms with Crippen LogP contribution in [0.4, 0.5) is 16.3 Å². The number of hydrogen-bond acceptors (Lipinski definition) is 4. The molecule has 3 rings (SSSR count). The van der Waals surface area contributed by atoms with Crippen molar-refractivity contribution in [1.82, 2.24) is 14.9 Å². The second-order valence-electron chi connectivity index (χ2n) is 6.18. The zero-order valence-electron chi connectivity index (χ0n) is 12.7. The zero-order chi connectivity index (χ0) is 14.8. The van der Waals surface area contributed by atoms with E-state index in [1.165, 1.54) is 25.6 Å². The molecule has 2 fully saturated rings. The second kappa shape index (κ2) is 5.87. The molecule has 6 heteroatoms. The van der Waals surface area contributed by atoms with Crippen LogP contribution in [0.1, 0.15) is 32.1 Å². The number of carbonyl (C=O) groups excluding carboxylic acids is 1. The third kappa shape index (κ3) is 2.80. The number of rotatable bonds is 2. The summed E-state index contributed by atoms with van der Waals surface area (Å²) in [6, 6.07) is 0.413. The first-order valence-corrected chi connectivity index (χ1v) is 7.72. The fourth-order valence-electron chi connectivity index (χ4n) is 3.66. The zero-order valence-corrected chi connectivity index (χ0v) is 12.7. The van der Waals surface area contributed by atoms with E-state index in [-0.39, 0.29) is 6.03 Å². The largest absolute Gasteiger partial charge is 0.361 e. The van der Waals surface area contributed by atoms with E-state index in [9.17, 15) is 4.79 Å². The highest BCUT2D eigenvalue weighted by atomic mass is 16.2. The number of hydrogen-bond donors (Lipinski definition) is 1. The normalized spacial score (nSPS) is 24.6. The molecule has 2 heterocycles. The number of nitrogens with one attached hydrogen (secondary N) is 1. The van der Waals surface area contributed by atoms with E-state index in [1.54, 1.807) is 6.20 Å². The molecule has 1 saturated heterocycles. The summed E-state index contributed by atoms with van der Waals surface area (Å²) in [7, 11) is 3.82. The number of anilines is 2. The Kier molecular flexibility index (Phi) is 3.94. The number of amides is 2. The number of fused-ring (bicyclic) bond motifs is 1. The molecule has 6 nitrogen and oxygen atoms in total. The van der Waals surface area contributed by atoms with Crippen LogP contribution in [-0.4, -0.2) is 47.6 Å². The number of piperidine rings is 1. The van der Waals surface area contributed by atoms with Gasteiger partial charge in [0.15, 0.2) is 5.82 Å². The summed E-state index contributed by atoms with van der Waals surface area (Å²) in [6.07, 6.45) is 9.20. The smallest absolute Gasteiger partial charge is 0.322 e. The molecule has 0 spiro atoms. The van der Waals surface area contributed by atoms with Crippen molar-refractivity contribution in [3.05, 3.63) is 12.5 Å². The van der Waals surface area contributed by atoms with Crippen LogP contribution >= 0.6 is 0 Å². The highest BCUT2D eigenvalue weighted by Crippen LogP contribution is 2.37. The molecule has 1 aliphatic carbocycles. The fraction of sp³-hybridized carbons (Fsp3) is 0.667. The van der Waals surface area contributed by atoms with Crippen LogP contribution in [0, 0.1) is 5.92 Å².